The third kappa shape index (κ3) is 4.90. The summed E-state index contributed by atoms with van der Waals surface area (Å²) in [6, 6.07) is 13.6. The van der Waals surface area contributed by atoms with E-state index in [1.807, 2.05) is 31.2 Å². The summed E-state index contributed by atoms with van der Waals surface area (Å²) >= 11 is 6.42. The fourth-order valence-electron chi connectivity index (χ4n) is 2.54. The van der Waals surface area contributed by atoms with Gasteiger partial charge in [-0.15, -0.1) is 0 Å². The first kappa shape index (κ1) is 19.9. The Morgan fingerprint density at radius 2 is 2.04 bits per heavy atom. The van der Waals surface area contributed by atoms with Gasteiger partial charge in [0, 0.05) is 11.8 Å². The fraction of sp³-hybridized carbons (Fsp3) is 0.150. The van der Waals surface area contributed by atoms with Gasteiger partial charge < -0.3 is 15.2 Å². The topological polar surface area (TPSA) is 78.9 Å². The first-order valence-electron chi connectivity index (χ1n) is 8.53. The van der Waals surface area contributed by atoms with Crippen molar-refractivity contribution in [2.24, 2.45) is 0 Å². The first-order chi connectivity index (χ1) is 13.5. The van der Waals surface area contributed by atoms with E-state index in [9.17, 15) is 14.7 Å². The van der Waals surface area contributed by atoms with E-state index in [0.29, 0.717) is 21.5 Å². The summed E-state index contributed by atoms with van der Waals surface area (Å²) < 4.78 is 5.73. The number of benzene rings is 2. The minimum absolute atomic E-state index is 0.0432. The van der Waals surface area contributed by atoms with E-state index in [0.717, 1.165) is 23.1 Å². The average Bonchev–Trinajstić information content (AvgIpc) is 2.91. The standard InChI is InChI=1S/C20H18N2O4S2/c1-2-26-16-8-6-13(7-9-16)10-17-19(25)22(20(27)28-17)12-18(24)21-14-4-3-5-15(23)11-14/h3-11,23H,2,12H2,1H3,(H,21,24). The van der Waals surface area contributed by atoms with Crippen molar-refractivity contribution >= 4 is 51.9 Å². The number of ether oxygens (including phenoxy) is 1. The molecule has 2 amide bonds. The third-order valence-corrected chi connectivity index (χ3v) is 5.17. The number of thiocarbonyl (C=S) groups is 1. The second-order valence-corrected chi connectivity index (χ2v) is 7.54. The molecule has 0 radical (unpaired) electrons. The summed E-state index contributed by atoms with van der Waals surface area (Å²) in [5.74, 6) is 0.0941. The Hall–Kier alpha value is -2.84. The first-order valence-corrected chi connectivity index (χ1v) is 9.76. The lowest BCUT2D eigenvalue weighted by molar-refractivity contribution is -0.126. The molecule has 3 rings (SSSR count). The SMILES string of the molecule is CCOc1ccc(C=C2SC(=S)N(CC(=O)Nc3cccc(O)c3)C2=O)cc1. The van der Waals surface area contributed by atoms with Gasteiger partial charge in [0.2, 0.25) is 5.91 Å². The zero-order valence-electron chi connectivity index (χ0n) is 15.0. The Morgan fingerprint density at radius 3 is 2.71 bits per heavy atom. The van der Waals surface area contributed by atoms with Crippen LogP contribution in [0.4, 0.5) is 5.69 Å². The number of nitrogens with one attached hydrogen (secondary N) is 1. The molecular weight excluding hydrogens is 396 g/mol. The van der Waals surface area contributed by atoms with Crippen LogP contribution in [0.1, 0.15) is 12.5 Å². The molecule has 1 aliphatic rings. The largest absolute Gasteiger partial charge is 0.508 e. The number of anilines is 1. The number of thioether (sulfide) groups is 1. The second-order valence-electron chi connectivity index (χ2n) is 5.87. The number of rotatable bonds is 6. The minimum atomic E-state index is -0.399. The highest BCUT2D eigenvalue weighted by Gasteiger charge is 2.33. The van der Waals surface area contributed by atoms with Gasteiger partial charge in [0.15, 0.2) is 0 Å². The number of carbonyl (C=O) groups excluding carboxylic acids is 2. The van der Waals surface area contributed by atoms with E-state index in [1.54, 1.807) is 18.2 Å². The van der Waals surface area contributed by atoms with Crippen LogP contribution in [0.15, 0.2) is 53.4 Å². The lowest BCUT2D eigenvalue weighted by Gasteiger charge is -2.14. The van der Waals surface area contributed by atoms with Crippen molar-refractivity contribution in [2.75, 3.05) is 18.5 Å². The highest BCUT2D eigenvalue weighted by atomic mass is 32.2. The van der Waals surface area contributed by atoms with E-state index < -0.39 is 5.91 Å². The normalized spacial score (nSPS) is 15.2. The smallest absolute Gasteiger partial charge is 0.266 e. The molecule has 1 aliphatic heterocycles. The van der Waals surface area contributed by atoms with Crippen LogP contribution >= 0.6 is 24.0 Å². The quantitative estimate of drug-likeness (QED) is 0.555. The molecule has 2 aromatic rings. The zero-order chi connectivity index (χ0) is 20.1. The number of aromatic hydroxyl groups is 1. The summed E-state index contributed by atoms with van der Waals surface area (Å²) in [6.45, 7) is 2.31. The molecule has 0 bridgehead atoms. The van der Waals surface area contributed by atoms with E-state index >= 15 is 0 Å². The molecule has 0 aliphatic carbocycles. The Kier molecular flexibility index (Phi) is 6.33. The maximum Gasteiger partial charge on any atom is 0.266 e. The average molecular weight is 415 g/mol. The van der Waals surface area contributed by atoms with E-state index in [1.165, 1.54) is 17.0 Å². The summed E-state index contributed by atoms with van der Waals surface area (Å²) in [5.41, 5.74) is 1.29. The van der Waals surface area contributed by atoms with Gasteiger partial charge in [-0.1, -0.05) is 42.2 Å². The summed E-state index contributed by atoms with van der Waals surface area (Å²) in [5, 5.41) is 12.1. The van der Waals surface area contributed by atoms with Crippen molar-refractivity contribution in [1.29, 1.82) is 0 Å². The summed E-state index contributed by atoms with van der Waals surface area (Å²) in [4.78, 5) is 26.6. The fourth-order valence-corrected chi connectivity index (χ4v) is 3.80. The molecule has 6 nitrogen and oxygen atoms in total. The van der Waals surface area contributed by atoms with Gasteiger partial charge in [0.25, 0.3) is 5.91 Å². The monoisotopic (exact) mass is 414 g/mol. The lowest BCUT2D eigenvalue weighted by atomic mass is 10.2. The number of hydrogen-bond donors (Lipinski definition) is 2. The van der Waals surface area contributed by atoms with Crippen LogP contribution in [0.2, 0.25) is 0 Å². The van der Waals surface area contributed by atoms with E-state index in [-0.39, 0.29) is 18.2 Å². The van der Waals surface area contributed by atoms with Crippen molar-refractivity contribution in [3.8, 4) is 11.5 Å². The number of phenols is 1. The van der Waals surface area contributed by atoms with Crippen molar-refractivity contribution in [2.45, 2.75) is 6.92 Å². The second kappa shape index (κ2) is 8.90. The summed E-state index contributed by atoms with van der Waals surface area (Å²) in [6.07, 6.45) is 1.74. The van der Waals surface area contributed by atoms with Gasteiger partial charge in [-0.2, -0.15) is 0 Å². The van der Waals surface area contributed by atoms with Crippen LogP contribution in [-0.2, 0) is 9.59 Å². The number of nitrogens with zero attached hydrogens (tertiary/aromatic N) is 1. The molecule has 28 heavy (non-hydrogen) atoms. The Balaban J connectivity index is 1.66. The number of phenolic OH excluding ortho intramolecular Hbond substituents is 1. The van der Waals surface area contributed by atoms with Crippen molar-refractivity contribution < 1.29 is 19.4 Å². The van der Waals surface area contributed by atoms with Gasteiger partial charge in [0.1, 0.15) is 22.4 Å². The summed E-state index contributed by atoms with van der Waals surface area (Å²) in [7, 11) is 0. The van der Waals surface area contributed by atoms with Crippen molar-refractivity contribution in [3.05, 3.63) is 59.0 Å². The van der Waals surface area contributed by atoms with Crippen molar-refractivity contribution in [3.63, 3.8) is 0 Å². The maximum absolute atomic E-state index is 12.6. The highest BCUT2D eigenvalue weighted by molar-refractivity contribution is 8.26. The molecule has 1 saturated heterocycles. The number of carbonyl (C=O) groups is 2. The van der Waals surface area contributed by atoms with Gasteiger partial charge in [-0.3, -0.25) is 14.5 Å². The van der Waals surface area contributed by atoms with Crippen LogP contribution < -0.4 is 10.1 Å². The Labute approximate surface area is 172 Å². The molecule has 0 spiro atoms. The Morgan fingerprint density at radius 1 is 1.29 bits per heavy atom. The minimum Gasteiger partial charge on any atom is -0.508 e. The zero-order valence-corrected chi connectivity index (χ0v) is 16.7. The van der Waals surface area contributed by atoms with Gasteiger partial charge >= 0.3 is 0 Å². The van der Waals surface area contributed by atoms with Gasteiger partial charge in [-0.25, -0.2) is 0 Å². The van der Waals surface area contributed by atoms with Crippen LogP contribution in [0.5, 0.6) is 11.5 Å². The maximum atomic E-state index is 12.6. The lowest BCUT2D eigenvalue weighted by Crippen LogP contribution is -2.36. The van der Waals surface area contributed by atoms with Crippen LogP contribution in [0.3, 0.4) is 0 Å². The number of hydrogen-bond acceptors (Lipinski definition) is 6. The van der Waals surface area contributed by atoms with Gasteiger partial charge in [0.05, 0.1) is 11.5 Å². The molecule has 1 fully saturated rings. The molecule has 8 heteroatoms. The van der Waals surface area contributed by atoms with Gasteiger partial charge in [-0.05, 0) is 42.8 Å². The molecule has 0 aromatic heterocycles. The predicted molar refractivity (Wildman–Crippen MR) is 114 cm³/mol. The molecule has 2 aromatic carbocycles. The molecule has 0 unspecified atom stereocenters. The predicted octanol–water partition coefficient (Wildman–Crippen LogP) is 3.63. The third-order valence-electron chi connectivity index (χ3n) is 3.79. The molecular formula is C20H18N2O4S2. The molecule has 1 heterocycles. The van der Waals surface area contributed by atoms with E-state index in [2.05, 4.69) is 5.32 Å². The number of amides is 2. The van der Waals surface area contributed by atoms with Crippen LogP contribution in [0, 0.1) is 0 Å². The molecule has 0 saturated carbocycles. The highest BCUT2D eigenvalue weighted by Crippen LogP contribution is 2.32. The van der Waals surface area contributed by atoms with Crippen LogP contribution in [0.25, 0.3) is 6.08 Å². The van der Waals surface area contributed by atoms with E-state index in [4.69, 9.17) is 17.0 Å². The van der Waals surface area contributed by atoms with Crippen molar-refractivity contribution in [1.82, 2.24) is 4.90 Å². The Bertz CT molecular complexity index is 941. The molecule has 0 atom stereocenters. The van der Waals surface area contributed by atoms with Crippen LogP contribution in [-0.4, -0.2) is 39.3 Å². The molecule has 144 valence electrons. The molecule has 2 N–H and O–H groups in total.